The first-order chi connectivity index (χ1) is 10.2. The normalized spacial score (nSPS) is 12.1. The molecule has 0 aliphatic heterocycles. The molecular weight excluding hydrogens is 290 g/mol. The largest absolute Gasteiger partial charge is 0.383 e. The second-order valence-electron chi connectivity index (χ2n) is 4.42. The third kappa shape index (κ3) is 4.54. The lowest BCUT2D eigenvalue weighted by Crippen LogP contribution is -2.36. The maximum absolute atomic E-state index is 11.8. The van der Waals surface area contributed by atoms with Crippen LogP contribution in [-0.4, -0.2) is 51.6 Å². The van der Waals surface area contributed by atoms with E-state index in [1.165, 1.54) is 11.8 Å². The Morgan fingerprint density at radius 1 is 1.43 bits per heavy atom. The minimum absolute atomic E-state index is 0.0202. The summed E-state index contributed by atoms with van der Waals surface area (Å²) >= 11 is 1.29. The lowest BCUT2D eigenvalue weighted by atomic mass is 10.3. The topological polar surface area (TPSA) is 81.9 Å². The van der Waals surface area contributed by atoms with Gasteiger partial charge in [-0.05, 0) is 29.5 Å². The molecule has 0 unspecified atom stereocenters. The van der Waals surface area contributed by atoms with E-state index in [4.69, 9.17) is 4.74 Å². The highest BCUT2D eigenvalue weighted by Gasteiger charge is 2.12. The van der Waals surface area contributed by atoms with Crippen molar-refractivity contribution in [2.45, 2.75) is 18.1 Å². The Morgan fingerprint density at radius 3 is 2.90 bits per heavy atom. The van der Waals surface area contributed by atoms with Gasteiger partial charge < -0.3 is 10.1 Å². The quantitative estimate of drug-likeness (QED) is 0.766. The van der Waals surface area contributed by atoms with Crippen LogP contribution in [0.4, 0.5) is 0 Å². The zero-order chi connectivity index (χ0) is 15.1. The minimum Gasteiger partial charge on any atom is -0.383 e. The molecule has 0 fully saturated rings. The van der Waals surface area contributed by atoms with Gasteiger partial charge in [0.2, 0.25) is 11.1 Å². The van der Waals surface area contributed by atoms with Crippen LogP contribution >= 0.6 is 11.8 Å². The van der Waals surface area contributed by atoms with Gasteiger partial charge in [-0.3, -0.25) is 4.79 Å². The SMILES string of the molecule is COC[C@H](C)NC(=O)CSc1nnnn1-c1ccccc1. The first-order valence-corrected chi connectivity index (χ1v) is 7.44. The third-order valence-corrected chi connectivity index (χ3v) is 3.52. The molecule has 0 aliphatic carbocycles. The van der Waals surface area contributed by atoms with Crippen molar-refractivity contribution in [3.8, 4) is 5.69 Å². The molecule has 0 spiro atoms. The van der Waals surface area contributed by atoms with Gasteiger partial charge in [0.1, 0.15) is 0 Å². The standard InChI is InChI=1S/C13H17N5O2S/c1-10(8-20-2)14-12(19)9-21-13-15-16-17-18(13)11-6-4-3-5-7-11/h3-7,10H,8-9H2,1-2H3,(H,14,19)/t10-/m0/s1. The number of para-hydroxylation sites is 1. The van der Waals surface area contributed by atoms with Crippen molar-refractivity contribution in [2.75, 3.05) is 19.5 Å². The lowest BCUT2D eigenvalue weighted by Gasteiger charge is -2.12. The maximum Gasteiger partial charge on any atom is 0.230 e. The highest BCUT2D eigenvalue weighted by Crippen LogP contribution is 2.17. The number of carbonyl (C=O) groups excluding carboxylic acids is 1. The second kappa shape index (κ2) is 7.75. The molecule has 8 heteroatoms. The zero-order valence-corrected chi connectivity index (χ0v) is 12.7. The number of amides is 1. The summed E-state index contributed by atoms with van der Waals surface area (Å²) in [6.07, 6.45) is 0. The lowest BCUT2D eigenvalue weighted by molar-refractivity contribution is -0.119. The summed E-state index contributed by atoms with van der Waals surface area (Å²) in [6, 6.07) is 9.52. The van der Waals surface area contributed by atoms with E-state index >= 15 is 0 Å². The average Bonchev–Trinajstić information content (AvgIpc) is 2.94. The van der Waals surface area contributed by atoms with Crippen LogP contribution in [0.5, 0.6) is 0 Å². The molecule has 0 aliphatic rings. The summed E-state index contributed by atoms with van der Waals surface area (Å²) in [4.78, 5) is 11.8. The molecule has 112 valence electrons. The summed E-state index contributed by atoms with van der Waals surface area (Å²) < 4.78 is 6.58. The molecule has 1 atom stereocenters. The molecule has 0 bridgehead atoms. The number of benzene rings is 1. The summed E-state index contributed by atoms with van der Waals surface area (Å²) in [5.41, 5.74) is 0.859. The van der Waals surface area contributed by atoms with Crippen molar-refractivity contribution in [3.63, 3.8) is 0 Å². The van der Waals surface area contributed by atoms with Gasteiger partial charge in [-0.1, -0.05) is 30.0 Å². The molecule has 1 N–H and O–H groups in total. The van der Waals surface area contributed by atoms with E-state index in [9.17, 15) is 4.79 Å². The number of hydrogen-bond acceptors (Lipinski definition) is 6. The van der Waals surface area contributed by atoms with Gasteiger partial charge in [0.15, 0.2) is 0 Å². The monoisotopic (exact) mass is 307 g/mol. The zero-order valence-electron chi connectivity index (χ0n) is 11.9. The molecular formula is C13H17N5O2S. The Labute approximate surface area is 127 Å². The number of nitrogens with one attached hydrogen (secondary N) is 1. The van der Waals surface area contributed by atoms with E-state index in [2.05, 4.69) is 20.8 Å². The number of carbonyl (C=O) groups is 1. The summed E-state index contributed by atoms with van der Waals surface area (Å²) in [7, 11) is 1.60. The van der Waals surface area contributed by atoms with Crippen LogP contribution in [0.1, 0.15) is 6.92 Å². The van der Waals surface area contributed by atoms with Crippen molar-refractivity contribution in [1.29, 1.82) is 0 Å². The van der Waals surface area contributed by atoms with Crippen LogP contribution in [0.15, 0.2) is 35.5 Å². The fraction of sp³-hybridized carbons (Fsp3) is 0.385. The Morgan fingerprint density at radius 2 is 2.19 bits per heavy atom. The number of ether oxygens (including phenoxy) is 1. The highest BCUT2D eigenvalue weighted by atomic mass is 32.2. The number of thioether (sulfide) groups is 1. The van der Waals surface area contributed by atoms with Gasteiger partial charge in [-0.25, -0.2) is 0 Å². The summed E-state index contributed by atoms with van der Waals surface area (Å²) in [5.74, 6) is 0.175. The molecule has 1 aromatic carbocycles. The van der Waals surface area contributed by atoms with Crippen molar-refractivity contribution < 1.29 is 9.53 Å². The maximum atomic E-state index is 11.8. The van der Waals surface area contributed by atoms with E-state index in [1.54, 1.807) is 11.8 Å². The first kappa shape index (κ1) is 15.5. The number of hydrogen-bond donors (Lipinski definition) is 1. The van der Waals surface area contributed by atoms with Gasteiger partial charge in [0.25, 0.3) is 0 Å². The van der Waals surface area contributed by atoms with E-state index in [0.717, 1.165) is 5.69 Å². The number of methoxy groups -OCH3 is 1. The van der Waals surface area contributed by atoms with Crippen LogP contribution < -0.4 is 5.32 Å². The van der Waals surface area contributed by atoms with Crippen molar-refractivity contribution in [2.24, 2.45) is 0 Å². The average molecular weight is 307 g/mol. The van der Waals surface area contributed by atoms with Gasteiger partial charge in [0.05, 0.1) is 18.0 Å². The molecule has 0 saturated heterocycles. The van der Waals surface area contributed by atoms with Crippen molar-refractivity contribution in [3.05, 3.63) is 30.3 Å². The Bertz CT molecular complexity index is 575. The second-order valence-corrected chi connectivity index (χ2v) is 5.36. The molecule has 1 aromatic heterocycles. The Hall–Kier alpha value is -1.93. The Kier molecular flexibility index (Phi) is 5.70. The van der Waals surface area contributed by atoms with Crippen molar-refractivity contribution >= 4 is 17.7 Å². The van der Waals surface area contributed by atoms with E-state index < -0.39 is 0 Å². The van der Waals surface area contributed by atoms with Gasteiger partial charge >= 0.3 is 0 Å². The van der Waals surface area contributed by atoms with E-state index in [1.807, 2.05) is 37.3 Å². The van der Waals surface area contributed by atoms with Gasteiger partial charge in [-0.2, -0.15) is 4.68 Å². The van der Waals surface area contributed by atoms with E-state index in [-0.39, 0.29) is 17.7 Å². The molecule has 0 saturated carbocycles. The van der Waals surface area contributed by atoms with Crippen molar-refractivity contribution in [1.82, 2.24) is 25.5 Å². The minimum atomic E-state index is -0.0767. The molecule has 21 heavy (non-hydrogen) atoms. The highest BCUT2D eigenvalue weighted by molar-refractivity contribution is 7.99. The molecule has 2 aromatic rings. The Balaban J connectivity index is 1.93. The number of rotatable bonds is 7. The van der Waals surface area contributed by atoms with E-state index in [0.29, 0.717) is 11.8 Å². The fourth-order valence-electron chi connectivity index (χ4n) is 1.74. The van der Waals surface area contributed by atoms with Crippen LogP contribution in [0.2, 0.25) is 0 Å². The predicted octanol–water partition coefficient (Wildman–Crippen LogP) is 0.905. The van der Waals surface area contributed by atoms with Crippen LogP contribution in [0, 0.1) is 0 Å². The third-order valence-electron chi connectivity index (χ3n) is 2.60. The molecule has 1 heterocycles. The number of tetrazole rings is 1. The van der Waals surface area contributed by atoms with Gasteiger partial charge in [-0.15, -0.1) is 5.10 Å². The first-order valence-electron chi connectivity index (χ1n) is 6.45. The van der Waals surface area contributed by atoms with Gasteiger partial charge in [0, 0.05) is 13.2 Å². The van der Waals surface area contributed by atoms with Crippen LogP contribution in [0.3, 0.4) is 0 Å². The summed E-state index contributed by atoms with van der Waals surface area (Å²) in [5, 5.41) is 15.0. The smallest absolute Gasteiger partial charge is 0.230 e. The van der Waals surface area contributed by atoms with Crippen LogP contribution in [-0.2, 0) is 9.53 Å². The summed E-state index contributed by atoms with van der Waals surface area (Å²) in [6.45, 7) is 2.37. The molecule has 0 radical (unpaired) electrons. The number of aromatic nitrogens is 4. The van der Waals surface area contributed by atoms with Crippen LogP contribution in [0.25, 0.3) is 5.69 Å². The fourth-order valence-corrected chi connectivity index (χ4v) is 2.44. The molecule has 7 nitrogen and oxygen atoms in total. The number of nitrogens with zero attached hydrogens (tertiary/aromatic N) is 4. The molecule has 1 amide bonds. The predicted molar refractivity (Wildman–Crippen MR) is 79.4 cm³/mol. The molecule has 2 rings (SSSR count).